The molecule has 3 saturated heterocycles. The Kier molecular flexibility index (Phi) is 33.8. The molecule has 0 bridgehead atoms. The quantitative estimate of drug-likeness (QED) is 0.0385. The molecule has 18 atom stereocenters. The van der Waals surface area contributed by atoms with E-state index >= 15 is 0 Å². The topological polar surface area (TPSA) is 373 Å². The summed E-state index contributed by atoms with van der Waals surface area (Å²) in [5, 5.41) is 135. The van der Waals surface area contributed by atoms with Gasteiger partial charge in [-0.1, -0.05) is 155 Å². The molecule has 23 nitrogen and oxygen atoms in total. The van der Waals surface area contributed by atoms with Crippen LogP contribution in [0.25, 0.3) is 0 Å². The first kappa shape index (κ1) is 69.0. The molecule has 3 aliphatic rings. The number of nitrogens with one attached hydrogen (secondary N) is 2. The van der Waals surface area contributed by atoms with Crippen LogP contribution in [0.5, 0.6) is 0 Å². The smallest absolute Gasteiger partial charge is 0.364 e. The maximum atomic E-state index is 13.3. The lowest BCUT2D eigenvalue weighted by atomic mass is 9.88. The second-order valence-corrected chi connectivity index (χ2v) is 21.5. The number of carbonyl (C=O) groups is 3. The third kappa shape index (κ3) is 22.9. The molecular weight excluding hydrogens is 1010 g/mol. The SMILES string of the molecule is CCCCCCCCCCCCCCCC(=O)NC(COC1OC(CO)C(OC2OC(CO)C(O)C(OC3(C(=O)O)CC(O)C(NC(C)=O)C(C(O)C(O)CO)O3)C2O)C(O)C1O)C(O)CCCCCCCCCCCC. The zero-order valence-corrected chi connectivity index (χ0v) is 46.1. The van der Waals surface area contributed by atoms with Crippen LogP contribution in [-0.2, 0) is 42.8 Å². The first-order valence-corrected chi connectivity index (χ1v) is 28.9. The largest absolute Gasteiger partial charge is 0.477 e. The van der Waals surface area contributed by atoms with E-state index in [9.17, 15) is 75.7 Å². The van der Waals surface area contributed by atoms with Gasteiger partial charge in [0.25, 0.3) is 5.79 Å². The van der Waals surface area contributed by atoms with Gasteiger partial charge in [-0.2, -0.15) is 0 Å². The van der Waals surface area contributed by atoms with Crippen molar-refractivity contribution in [2.45, 2.75) is 298 Å². The highest BCUT2D eigenvalue weighted by Gasteiger charge is 2.60. The molecule has 0 saturated carbocycles. The molecule has 0 aromatic carbocycles. The molecule has 18 unspecified atom stereocenters. The van der Waals surface area contributed by atoms with Crippen LogP contribution < -0.4 is 10.6 Å². The summed E-state index contributed by atoms with van der Waals surface area (Å²) >= 11 is 0. The van der Waals surface area contributed by atoms with Crippen molar-refractivity contribution in [2.24, 2.45) is 0 Å². The average Bonchev–Trinajstić information content (AvgIpc) is 3.40. The molecule has 3 heterocycles. The molecule has 3 aliphatic heterocycles. The van der Waals surface area contributed by atoms with Gasteiger partial charge >= 0.3 is 5.97 Å². The number of unbranched alkanes of at least 4 members (excludes halogenated alkanes) is 21. The van der Waals surface area contributed by atoms with Crippen molar-refractivity contribution in [3.8, 4) is 0 Å². The summed E-state index contributed by atoms with van der Waals surface area (Å²) in [6, 6.07) is -2.52. The molecule has 2 amide bonds. The fraction of sp³-hybridized carbons (Fsp3) is 0.944. The number of carboxylic acid groups (broad SMARTS) is 1. The lowest BCUT2D eigenvalue weighted by molar-refractivity contribution is -0.386. The van der Waals surface area contributed by atoms with E-state index in [0.717, 1.165) is 58.3 Å². The van der Waals surface area contributed by atoms with E-state index in [1.165, 1.54) is 83.5 Å². The lowest BCUT2D eigenvalue weighted by Crippen LogP contribution is -2.70. The summed E-state index contributed by atoms with van der Waals surface area (Å²) in [6.45, 7) is 2.13. The fourth-order valence-electron chi connectivity index (χ4n) is 10.4. The number of hydrogen-bond acceptors (Lipinski definition) is 20. The summed E-state index contributed by atoms with van der Waals surface area (Å²) in [5.74, 6) is -6.10. The first-order valence-electron chi connectivity index (χ1n) is 28.9. The van der Waals surface area contributed by atoms with Gasteiger partial charge in [0.1, 0.15) is 67.1 Å². The van der Waals surface area contributed by atoms with Gasteiger partial charge in [0, 0.05) is 19.8 Å². The van der Waals surface area contributed by atoms with Gasteiger partial charge < -0.3 is 100 Å². The molecule has 3 fully saturated rings. The molecule has 77 heavy (non-hydrogen) atoms. The first-order chi connectivity index (χ1) is 36.9. The number of aliphatic hydroxyl groups excluding tert-OH is 11. The molecule has 0 spiro atoms. The zero-order valence-electron chi connectivity index (χ0n) is 46.1. The van der Waals surface area contributed by atoms with E-state index in [0.29, 0.717) is 19.3 Å². The summed E-state index contributed by atoms with van der Waals surface area (Å²) in [5.41, 5.74) is 0. The molecule has 3 rings (SSSR count). The van der Waals surface area contributed by atoms with Crippen LogP contribution in [0.2, 0.25) is 0 Å². The van der Waals surface area contributed by atoms with Gasteiger partial charge in [-0.05, 0) is 12.8 Å². The highest BCUT2D eigenvalue weighted by atomic mass is 16.8. The van der Waals surface area contributed by atoms with Crippen molar-refractivity contribution >= 4 is 17.8 Å². The molecule has 0 radical (unpaired) electrons. The maximum absolute atomic E-state index is 13.3. The number of carbonyl (C=O) groups excluding carboxylic acids is 2. The van der Waals surface area contributed by atoms with Crippen LogP contribution in [-0.4, -0.2) is 215 Å². The van der Waals surface area contributed by atoms with Crippen molar-refractivity contribution in [3.63, 3.8) is 0 Å². The Morgan fingerprint density at radius 1 is 0.623 bits per heavy atom. The minimum atomic E-state index is -3.07. The predicted octanol–water partition coefficient (Wildman–Crippen LogP) is 1.44. The maximum Gasteiger partial charge on any atom is 0.364 e. The van der Waals surface area contributed by atoms with Crippen LogP contribution in [0.4, 0.5) is 0 Å². The van der Waals surface area contributed by atoms with Crippen LogP contribution in [0.1, 0.15) is 188 Å². The molecule has 0 aromatic heterocycles. The molecule has 0 aromatic rings. The lowest BCUT2D eigenvalue weighted by Gasteiger charge is -2.50. The number of ether oxygens (including phenoxy) is 6. The van der Waals surface area contributed by atoms with E-state index in [-0.39, 0.29) is 18.9 Å². The monoisotopic (exact) mass is 1110 g/mol. The summed E-state index contributed by atoms with van der Waals surface area (Å²) in [6.07, 6.45) is -2.71. The normalized spacial score (nSPS) is 31.3. The van der Waals surface area contributed by atoms with Crippen molar-refractivity contribution in [2.75, 3.05) is 26.4 Å². The Balaban J connectivity index is 1.69. The number of aliphatic carboxylic acids is 1. The molecule has 14 N–H and O–H groups in total. The Labute approximate surface area is 455 Å². The number of carboxylic acids is 1. The number of hydrogen-bond donors (Lipinski definition) is 14. The van der Waals surface area contributed by atoms with E-state index in [2.05, 4.69) is 24.5 Å². The summed E-state index contributed by atoms with van der Waals surface area (Å²) < 4.78 is 34.6. The van der Waals surface area contributed by atoms with E-state index < -0.39 is 148 Å². The average molecular weight is 1110 g/mol. The standard InChI is InChI=1S/C54H100N2O21/c1-4-6-8-10-12-14-16-17-18-20-22-24-26-28-41(64)56-35(36(61)27-25-23-21-19-15-13-11-9-7-5-2)33-72-51-46(68)45(67)48(40(32-59)74-51)75-52-47(69)50(44(66)39(31-58)73-52)77-54(53(70)71)29-37(62)42(55-34(3)60)49(76-54)43(65)38(63)30-57/h35-40,42-52,57-59,61-63,65-69H,4-33H2,1-3H3,(H,55,60)(H,56,64)(H,70,71). The Morgan fingerprint density at radius 3 is 1.62 bits per heavy atom. The van der Waals surface area contributed by atoms with Crippen LogP contribution in [0.3, 0.4) is 0 Å². The van der Waals surface area contributed by atoms with Gasteiger partial charge in [-0.25, -0.2) is 4.79 Å². The third-order valence-electron chi connectivity index (χ3n) is 15.1. The van der Waals surface area contributed by atoms with Gasteiger partial charge in [0.05, 0.1) is 50.7 Å². The second-order valence-electron chi connectivity index (χ2n) is 21.5. The van der Waals surface area contributed by atoms with Crippen molar-refractivity contribution < 1.29 is 104 Å². The van der Waals surface area contributed by atoms with E-state index in [4.69, 9.17) is 28.4 Å². The Bertz CT molecular complexity index is 1600. The number of amides is 2. The molecule has 452 valence electrons. The molecule has 23 heteroatoms. The predicted molar refractivity (Wildman–Crippen MR) is 278 cm³/mol. The second kappa shape index (κ2) is 37.7. The fourth-order valence-corrected chi connectivity index (χ4v) is 10.4. The summed E-state index contributed by atoms with van der Waals surface area (Å²) in [4.78, 5) is 38.3. The minimum Gasteiger partial charge on any atom is -0.477 e. The van der Waals surface area contributed by atoms with Gasteiger partial charge in [-0.3, -0.25) is 9.59 Å². The van der Waals surface area contributed by atoms with Gasteiger partial charge in [0.15, 0.2) is 12.6 Å². The van der Waals surface area contributed by atoms with E-state index in [1.807, 2.05) is 0 Å². The number of aliphatic hydroxyl groups is 11. The summed E-state index contributed by atoms with van der Waals surface area (Å²) in [7, 11) is 0. The molecular formula is C54H100N2O21. The Morgan fingerprint density at radius 2 is 1.13 bits per heavy atom. The van der Waals surface area contributed by atoms with Crippen molar-refractivity contribution in [1.82, 2.24) is 10.6 Å². The highest BCUT2D eigenvalue weighted by Crippen LogP contribution is 2.38. The zero-order chi connectivity index (χ0) is 56.9. The Hall–Kier alpha value is -2.27. The number of rotatable bonds is 41. The highest BCUT2D eigenvalue weighted by molar-refractivity contribution is 5.77. The van der Waals surface area contributed by atoms with Gasteiger partial charge in [0.2, 0.25) is 11.8 Å². The third-order valence-corrected chi connectivity index (χ3v) is 15.1. The van der Waals surface area contributed by atoms with Crippen LogP contribution in [0.15, 0.2) is 0 Å². The van der Waals surface area contributed by atoms with Crippen LogP contribution in [0, 0.1) is 0 Å². The van der Waals surface area contributed by atoms with Gasteiger partial charge in [-0.15, -0.1) is 0 Å². The molecule has 0 aliphatic carbocycles. The van der Waals surface area contributed by atoms with E-state index in [1.54, 1.807) is 0 Å². The van der Waals surface area contributed by atoms with Crippen molar-refractivity contribution in [1.29, 1.82) is 0 Å². The van der Waals surface area contributed by atoms with Crippen LogP contribution >= 0.6 is 0 Å². The van der Waals surface area contributed by atoms with Crippen molar-refractivity contribution in [3.05, 3.63) is 0 Å². The minimum absolute atomic E-state index is 0.227.